The molecule has 6 nitrogen and oxygen atoms in total. The Labute approximate surface area is 81.7 Å². The molecule has 1 heterocycles. The van der Waals surface area contributed by atoms with Crippen LogP contribution in [-0.2, 0) is 9.53 Å². The second-order valence-corrected chi connectivity index (χ2v) is 2.66. The smallest absolute Gasteiger partial charge is 0.354 e. The fourth-order valence-corrected chi connectivity index (χ4v) is 1.03. The van der Waals surface area contributed by atoms with Crippen LogP contribution in [0.25, 0.3) is 0 Å². The minimum absolute atomic E-state index is 0.174. The van der Waals surface area contributed by atoms with Crippen molar-refractivity contribution in [1.82, 2.24) is 4.90 Å². The Balaban J connectivity index is 2.80. The summed E-state index contributed by atoms with van der Waals surface area (Å²) in [6, 6.07) is 0. The molecular weight excluding hydrogens is 186 g/mol. The summed E-state index contributed by atoms with van der Waals surface area (Å²) >= 11 is 0. The molecule has 1 aliphatic heterocycles. The first-order valence-electron chi connectivity index (χ1n) is 4.23. The van der Waals surface area contributed by atoms with Gasteiger partial charge in [-0.05, 0) is 6.92 Å². The summed E-state index contributed by atoms with van der Waals surface area (Å²) < 4.78 is 4.79. The number of amidine groups is 1. The van der Waals surface area contributed by atoms with Crippen molar-refractivity contribution in [3.05, 3.63) is 11.8 Å². The summed E-state index contributed by atoms with van der Waals surface area (Å²) in [5.74, 6) is -0.239. The Hall–Kier alpha value is -1.56. The zero-order valence-electron chi connectivity index (χ0n) is 7.93. The highest BCUT2D eigenvalue weighted by atomic mass is 16.5. The van der Waals surface area contributed by atoms with Crippen LogP contribution in [0.3, 0.4) is 0 Å². The lowest BCUT2D eigenvalue weighted by molar-refractivity contribution is -0.141. The average Bonchev–Trinajstić information content (AvgIpc) is 2.18. The number of hydrogen-bond acceptors (Lipinski definition) is 6. The summed E-state index contributed by atoms with van der Waals surface area (Å²) in [4.78, 5) is 16.6. The number of rotatable bonds is 3. The second kappa shape index (κ2) is 4.61. The molecule has 0 saturated carbocycles. The molecule has 0 atom stereocenters. The molecule has 0 aliphatic carbocycles. The van der Waals surface area contributed by atoms with Crippen molar-refractivity contribution in [1.29, 1.82) is 0 Å². The van der Waals surface area contributed by atoms with E-state index < -0.39 is 5.97 Å². The van der Waals surface area contributed by atoms with E-state index in [0.717, 1.165) is 0 Å². The van der Waals surface area contributed by atoms with Gasteiger partial charge in [0.1, 0.15) is 24.9 Å². The standard InChI is InChI=1S/C8H13N3O3/c1-2-14-8(13)6-3-7(9)10-4-11(6)5-12/h3,12H,2,4-5H2,1H3,(H2,9,10). The number of carbonyl (C=O) groups is 1. The van der Waals surface area contributed by atoms with Crippen LogP contribution in [0.4, 0.5) is 0 Å². The molecule has 1 aliphatic rings. The van der Waals surface area contributed by atoms with Crippen LogP contribution in [0.5, 0.6) is 0 Å². The van der Waals surface area contributed by atoms with Crippen molar-refractivity contribution in [2.45, 2.75) is 6.92 Å². The van der Waals surface area contributed by atoms with Gasteiger partial charge < -0.3 is 20.5 Å². The van der Waals surface area contributed by atoms with Crippen molar-refractivity contribution in [2.24, 2.45) is 10.7 Å². The van der Waals surface area contributed by atoms with Crippen LogP contribution in [-0.4, -0.2) is 41.8 Å². The third-order valence-corrected chi connectivity index (χ3v) is 1.70. The van der Waals surface area contributed by atoms with E-state index in [1.165, 1.54) is 11.0 Å². The monoisotopic (exact) mass is 199 g/mol. The predicted octanol–water partition coefficient (Wildman–Crippen LogP) is -0.986. The van der Waals surface area contributed by atoms with E-state index in [4.69, 9.17) is 15.6 Å². The van der Waals surface area contributed by atoms with Crippen molar-refractivity contribution in [3.8, 4) is 0 Å². The van der Waals surface area contributed by atoms with Gasteiger partial charge in [-0.15, -0.1) is 0 Å². The number of carbonyl (C=O) groups excluding carboxylic acids is 1. The highest BCUT2D eigenvalue weighted by Gasteiger charge is 2.20. The van der Waals surface area contributed by atoms with Crippen LogP contribution in [0.2, 0.25) is 0 Å². The first-order valence-corrected chi connectivity index (χ1v) is 4.23. The molecule has 0 aromatic rings. The van der Waals surface area contributed by atoms with Crippen LogP contribution < -0.4 is 5.73 Å². The second-order valence-electron chi connectivity index (χ2n) is 2.66. The Morgan fingerprint density at radius 3 is 3.14 bits per heavy atom. The quantitative estimate of drug-likeness (QED) is 0.570. The van der Waals surface area contributed by atoms with Gasteiger partial charge in [0.05, 0.1) is 6.61 Å². The summed E-state index contributed by atoms with van der Waals surface area (Å²) in [6.07, 6.45) is 1.39. The molecule has 0 amide bonds. The van der Waals surface area contributed by atoms with Crippen molar-refractivity contribution >= 4 is 11.8 Å². The highest BCUT2D eigenvalue weighted by molar-refractivity contribution is 6.00. The lowest BCUT2D eigenvalue weighted by Gasteiger charge is -2.24. The first-order chi connectivity index (χ1) is 6.69. The summed E-state index contributed by atoms with van der Waals surface area (Å²) in [6.45, 7) is 1.88. The number of nitrogens with zero attached hydrogens (tertiary/aromatic N) is 2. The molecule has 0 aromatic carbocycles. The van der Waals surface area contributed by atoms with Crippen LogP contribution >= 0.6 is 0 Å². The molecule has 14 heavy (non-hydrogen) atoms. The topological polar surface area (TPSA) is 88.2 Å². The molecule has 0 bridgehead atoms. The first kappa shape index (κ1) is 10.5. The fraction of sp³-hybridized carbons (Fsp3) is 0.500. The van der Waals surface area contributed by atoms with E-state index in [-0.39, 0.29) is 31.5 Å². The Morgan fingerprint density at radius 2 is 2.57 bits per heavy atom. The maximum absolute atomic E-state index is 11.4. The van der Waals surface area contributed by atoms with Gasteiger partial charge in [-0.25, -0.2) is 9.79 Å². The third kappa shape index (κ3) is 2.23. The van der Waals surface area contributed by atoms with Crippen LogP contribution in [0.15, 0.2) is 16.8 Å². The molecule has 78 valence electrons. The molecule has 0 aromatic heterocycles. The van der Waals surface area contributed by atoms with Gasteiger partial charge >= 0.3 is 5.97 Å². The number of aliphatic hydroxyl groups excluding tert-OH is 1. The SMILES string of the molecule is CCOC(=O)C1=CC(N)=NCN1CO. The molecule has 0 saturated heterocycles. The van der Waals surface area contributed by atoms with E-state index in [1.54, 1.807) is 6.92 Å². The summed E-state index contributed by atoms with van der Waals surface area (Å²) in [5, 5.41) is 8.93. The molecular formula is C8H13N3O3. The number of nitrogens with two attached hydrogens (primary N) is 1. The lowest BCUT2D eigenvalue weighted by Crippen LogP contribution is -2.35. The molecule has 0 fully saturated rings. The predicted molar refractivity (Wildman–Crippen MR) is 50.1 cm³/mol. The average molecular weight is 199 g/mol. The van der Waals surface area contributed by atoms with Crippen molar-refractivity contribution in [2.75, 3.05) is 20.0 Å². The maximum Gasteiger partial charge on any atom is 0.354 e. The number of aliphatic imine (C=N–C) groups is 1. The maximum atomic E-state index is 11.4. The van der Waals surface area contributed by atoms with Gasteiger partial charge in [0, 0.05) is 6.08 Å². The molecule has 0 spiro atoms. The van der Waals surface area contributed by atoms with Crippen LogP contribution in [0.1, 0.15) is 6.92 Å². The Bertz CT molecular complexity index is 286. The van der Waals surface area contributed by atoms with E-state index in [0.29, 0.717) is 0 Å². The molecule has 0 unspecified atom stereocenters. The van der Waals surface area contributed by atoms with E-state index in [2.05, 4.69) is 4.99 Å². The lowest BCUT2D eigenvalue weighted by atomic mass is 10.3. The van der Waals surface area contributed by atoms with E-state index >= 15 is 0 Å². The van der Waals surface area contributed by atoms with E-state index in [9.17, 15) is 4.79 Å². The van der Waals surface area contributed by atoms with Gasteiger partial charge in [0.2, 0.25) is 0 Å². The number of esters is 1. The fourth-order valence-electron chi connectivity index (χ4n) is 1.03. The van der Waals surface area contributed by atoms with Crippen molar-refractivity contribution < 1.29 is 14.6 Å². The van der Waals surface area contributed by atoms with Gasteiger partial charge in [0.15, 0.2) is 0 Å². The molecule has 6 heteroatoms. The van der Waals surface area contributed by atoms with Gasteiger partial charge in [0.25, 0.3) is 0 Å². The van der Waals surface area contributed by atoms with E-state index in [1.807, 2.05) is 0 Å². The van der Waals surface area contributed by atoms with Crippen LogP contribution in [0, 0.1) is 0 Å². The Kier molecular flexibility index (Phi) is 3.47. The van der Waals surface area contributed by atoms with Gasteiger partial charge in [-0.1, -0.05) is 0 Å². The zero-order chi connectivity index (χ0) is 10.6. The van der Waals surface area contributed by atoms with Gasteiger partial charge in [-0.3, -0.25) is 0 Å². The third-order valence-electron chi connectivity index (χ3n) is 1.70. The summed E-state index contributed by atoms with van der Waals surface area (Å²) in [7, 11) is 0. The largest absolute Gasteiger partial charge is 0.461 e. The number of hydrogen-bond donors (Lipinski definition) is 2. The van der Waals surface area contributed by atoms with Gasteiger partial charge in [-0.2, -0.15) is 0 Å². The van der Waals surface area contributed by atoms with Crippen molar-refractivity contribution in [3.63, 3.8) is 0 Å². The minimum Gasteiger partial charge on any atom is -0.461 e. The minimum atomic E-state index is -0.501. The molecule has 1 rings (SSSR count). The molecule has 0 radical (unpaired) electrons. The zero-order valence-corrected chi connectivity index (χ0v) is 7.93. The Morgan fingerprint density at radius 1 is 1.86 bits per heavy atom. The number of ether oxygens (including phenoxy) is 1. The normalized spacial score (nSPS) is 16.0. The number of aliphatic hydroxyl groups is 1. The molecule has 3 N–H and O–H groups in total. The highest BCUT2D eigenvalue weighted by Crippen LogP contribution is 2.09. The summed E-state index contributed by atoms with van der Waals surface area (Å²) in [5.41, 5.74) is 5.67.